The van der Waals surface area contributed by atoms with Gasteiger partial charge < -0.3 is 15.2 Å². The van der Waals surface area contributed by atoms with Crippen molar-refractivity contribution in [2.24, 2.45) is 0 Å². The lowest BCUT2D eigenvalue weighted by atomic mass is 10.2. The van der Waals surface area contributed by atoms with E-state index in [2.05, 4.69) is 43.5 Å². The normalized spacial score (nSPS) is 16.0. The minimum absolute atomic E-state index is 0.365. The zero-order chi connectivity index (χ0) is 9.14. The Morgan fingerprint density at radius 1 is 1.58 bits per heavy atom. The van der Waals surface area contributed by atoms with Crippen molar-refractivity contribution in [3.63, 3.8) is 0 Å². The molecule has 0 saturated heterocycles. The van der Waals surface area contributed by atoms with E-state index in [4.69, 9.17) is 0 Å². The second-order valence-corrected chi connectivity index (χ2v) is 4.33. The van der Waals surface area contributed by atoms with Gasteiger partial charge in [0.25, 0.3) is 0 Å². The molecule has 1 rings (SSSR count). The SMILES string of the molecule is OC(CBr)C(O)c1cc(I)c[nH]1. The highest BCUT2D eigenvalue weighted by atomic mass is 127. The van der Waals surface area contributed by atoms with E-state index < -0.39 is 12.2 Å². The second kappa shape index (κ2) is 4.59. The van der Waals surface area contributed by atoms with Crippen LogP contribution in [0.3, 0.4) is 0 Å². The third kappa shape index (κ3) is 2.45. The van der Waals surface area contributed by atoms with E-state index >= 15 is 0 Å². The minimum atomic E-state index is -0.840. The second-order valence-electron chi connectivity index (χ2n) is 2.44. The molecule has 68 valence electrons. The molecule has 12 heavy (non-hydrogen) atoms. The number of halogens is 2. The monoisotopic (exact) mass is 345 g/mol. The fourth-order valence-electron chi connectivity index (χ4n) is 0.847. The summed E-state index contributed by atoms with van der Waals surface area (Å²) in [6.45, 7) is 0. The zero-order valence-electron chi connectivity index (χ0n) is 6.17. The molecule has 0 fully saturated rings. The Hall–Kier alpha value is 0.410. The van der Waals surface area contributed by atoms with E-state index in [1.54, 1.807) is 12.3 Å². The molecule has 3 nitrogen and oxygen atoms in total. The molecule has 0 aliphatic carbocycles. The summed E-state index contributed by atoms with van der Waals surface area (Å²) in [6.07, 6.45) is 0.174. The number of rotatable bonds is 3. The predicted octanol–water partition coefficient (Wildman–Crippen LogP) is 1.41. The molecule has 0 radical (unpaired) electrons. The standard InChI is InChI=1S/C7H9BrINO2/c8-2-6(11)7(12)5-1-4(9)3-10-5/h1,3,6-7,10-12H,2H2. The number of aromatic amines is 1. The lowest BCUT2D eigenvalue weighted by Gasteiger charge is -2.13. The highest BCUT2D eigenvalue weighted by Crippen LogP contribution is 2.18. The molecule has 1 heterocycles. The number of H-pyrrole nitrogens is 1. The minimum Gasteiger partial charge on any atom is -0.389 e. The molecule has 0 aromatic carbocycles. The number of aliphatic hydroxyl groups is 2. The maximum atomic E-state index is 9.49. The van der Waals surface area contributed by atoms with Crippen LogP contribution in [0.15, 0.2) is 12.3 Å². The van der Waals surface area contributed by atoms with Crippen molar-refractivity contribution in [3.8, 4) is 0 Å². The Labute approximate surface area is 92.5 Å². The van der Waals surface area contributed by atoms with Crippen LogP contribution in [0.2, 0.25) is 0 Å². The summed E-state index contributed by atoms with van der Waals surface area (Å²) in [5.74, 6) is 0. The Morgan fingerprint density at radius 2 is 2.25 bits per heavy atom. The van der Waals surface area contributed by atoms with E-state index in [0.717, 1.165) is 3.57 Å². The third-order valence-electron chi connectivity index (χ3n) is 1.51. The van der Waals surface area contributed by atoms with Crippen LogP contribution < -0.4 is 0 Å². The summed E-state index contributed by atoms with van der Waals surface area (Å²) in [7, 11) is 0. The fourth-order valence-corrected chi connectivity index (χ4v) is 1.69. The first-order valence-corrected chi connectivity index (χ1v) is 5.61. The Kier molecular flexibility index (Phi) is 4.01. The Balaban J connectivity index is 2.70. The summed E-state index contributed by atoms with van der Waals surface area (Å²) in [5, 5.41) is 19.1. The van der Waals surface area contributed by atoms with Crippen LogP contribution in [0.4, 0.5) is 0 Å². The van der Waals surface area contributed by atoms with E-state index in [9.17, 15) is 10.2 Å². The smallest absolute Gasteiger partial charge is 0.120 e. The van der Waals surface area contributed by atoms with Crippen molar-refractivity contribution in [2.75, 3.05) is 5.33 Å². The first kappa shape index (κ1) is 10.5. The Morgan fingerprint density at radius 3 is 2.67 bits per heavy atom. The maximum Gasteiger partial charge on any atom is 0.120 e. The summed E-state index contributed by atoms with van der Waals surface area (Å²) in [5.41, 5.74) is 0.645. The van der Waals surface area contributed by atoms with Crippen molar-refractivity contribution in [3.05, 3.63) is 21.5 Å². The first-order chi connectivity index (χ1) is 5.65. The average molecular weight is 346 g/mol. The van der Waals surface area contributed by atoms with Crippen LogP contribution in [0.5, 0.6) is 0 Å². The van der Waals surface area contributed by atoms with Crippen molar-refractivity contribution in [2.45, 2.75) is 12.2 Å². The third-order valence-corrected chi connectivity index (χ3v) is 2.80. The molecule has 1 aromatic heterocycles. The molecule has 0 saturated carbocycles. The van der Waals surface area contributed by atoms with Gasteiger partial charge in [-0.15, -0.1) is 0 Å². The zero-order valence-corrected chi connectivity index (χ0v) is 9.91. The van der Waals surface area contributed by atoms with E-state index in [1.165, 1.54) is 0 Å². The Bertz CT molecular complexity index is 253. The fraction of sp³-hybridized carbons (Fsp3) is 0.429. The van der Waals surface area contributed by atoms with Gasteiger partial charge in [-0.3, -0.25) is 0 Å². The van der Waals surface area contributed by atoms with Gasteiger partial charge in [0, 0.05) is 20.8 Å². The van der Waals surface area contributed by atoms with Gasteiger partial charge in [0.2, 0.25) is 0 Å². The van der Waals surface area contributed by atoms with Crippen molar-refractivity contribution in [1.29, 1.82) is 0 Å². The molecule has 2 atom stereocenters. The highest BCUT2D eigenvalue weighted by molar-refractivity contribution is 14.1. The van der Waals surface area contributed by atoms with Crippen molar-refractivity contribution < 1.29 is 10.2 Å². The molecule has 1 aromatic rings. The molecule has 0 spiro atoms. The van der Waals surface area contributed by atoms with Gasteiger partial charge in [0.05, 0.1) is 6.10 Å². The molecule has 2 unspecified atom stereocenters. The number of hydrogen-bond acceptors (Lipinski definition) is 2. The number of aliphatic hydroxyl groups excluding tert-OH is 2. The van der Waals surface area contributed by atoms with Gasteiger partial charge in [-0.1, -0.05) is 15.9 Å². The quantitative estimate of drug-likeness (QED) is 0.573. The van der Waals surface area contributed by atoms with Crippen LogP contribution in [0, 0.1) is 3.57 Å². The lowest BCUT2D eigenvalue weighted by molar-refractivity contribution is 0.0318. The van der Waals surface area contributed by atoms with E-state index in [1.807, 2.05) is 0 Å². The van der Waals surface area contributed by atoms with Crippen LogP contribution in [0.1, 0.15) is 11.8 Å². The maximum absolute atomic E-state index is 9.49. The highest BCUT2D eigenvalue weighted by Gasteiger charge is 2.17. The van der Waals surface area contributed by atoms with Gasteiger partial charge in [-0.25, -0.2) is 0 Å². The molecule has 0 aliphatic rings. The first-order valence-electron chi connectivity index (χ1n) is 3.41. The van der Waals surface area contributed by atoms with E-state index in [-0.39, 0.29) is 0 Å². The van der Waals surface area contributed by atoms with Crippen molar-refractivity contribution >= 4 is 38.5 Å². The van der Waals surface area contributed by atoms with Crippen LogP contribution >= 0.6 is 38.5 Å². The van der Waals surface area contributed by atoms with Gasteiger partial charge in [-0.05, 0) is 28.7 Å². The predicted molar refractivity (Wildman–Crippen MR) is 58.3 cm³/mol. The molecular weight excluding hydrogens is 337 g/mol. The molecular formula is C7H9BrINO2. The van der Waals surface area contributed by atoms with Gasteiger partial charge in [0.15, 0.2) is 0 Å². The van der Waals surface area contributed by atoms with E-state index in [0.29, 0.717) is 11.0 Å². The number of nitrogens with one attached hydrogen (secondary N) is 1. The molecule has 0 aliphatic heterocycles. The average Bonchev–Trinajstić information content (AvgIpc) is 2.49. The number of aromatic nitrogens is 1. The summed E-state index contributed by atoms with van der Waals surface area (Å²) in [6, 6.07) is 1.80. The number of alkyl halides is 1. The van der Waals surface area contributed by atoms with Gasteiger partial charge in [0.1, 0.15) is 6.10 Å². The number of hydrogen-bond donors (Lipinski definition) is 3. The van der Waals surface area contributed by atoms with Crippen LogP contribution in [-0.4, -0.2) is 26.6 Å². The van der Waals surface area contributed by atoms with Gasteiger partial charge in [-0.2, -0.15) is 0 Å². The topological polar surface area (TPSA) is 56.2 Å². The summed E-state index contributed by atoms with van der Waals surface area (Å²) >= 11 is 5.23. The molecule has 0 bridgehead atoms. The largest absolute Gasteiger partial charge is 0.389 e. The summed E-state index contributed by atoms with van der Waals surface area (Å²) in [4.78, 5) is 2.88. The van der Waals surface area contributed by atoms with Crippen LogP contribution in [-0.2, 0) is 0 Å². The lowest BCUT2D eigenvalue weighted by Crippen LogP contribution is -2.19. The van der Waals surface area contributed by atoms with Crippen LogP contribution in [0.25, 0.3) is 0 Å². The summed E-state index contributed by atoms with van der Waals surface area (Å²) < 4.78 is 1.02. The molecule has 5 heteroatoms. The van der Waals surface area contributed by atoms with Crippen molar-refractivity contribution in [1.82, 2.24) is 4.98 Å². The molecule has 3 N–H and O–H groups in total. The molecule has 0 amide bonds. The van der Waals surface area contributed by atoms with Gasteiger partial charge >= 0.3 is 0 Å².